The quantitative estimate of drug-likeness (QED) is 0.0154. The summed E-state index contributed by atoms with van der Waals surface area (Å²) in [5.74, 6) is -1.03. The summed E-state index contributed by atoms with van der Waals surface area (Å²) in [6.45, 7) is 19.3. The number of esters is 1. The van der Waals surface area contributed by atoms with Gasteiger partial charge in [-0.3, -0.25) is 28.2 Å². The van der Waals surface area contributed by atoms with Crippen LogP contribution in [0.15, 0.2) is 107 Å². The zero-order valence-electron chi connectivity index (χ0n) is 72.3. The molecule has 2 saturated heterocycles. The molecular formula is C91H135N7O22S. The number of aliphatic hydroxyl groups is 1. The van der Waals surface area contributed by atoms with Crippen LogP contribution in [0.4, 0.5) is 10.6 Å². The minimum atomic E-state index is -1.40. The summed E-state index contributed by atoms with van der Waals surface area (Å²) in [4.78, 5) is 103. The molecule has 30 heteroatoms. The summed E-state index contributed by atoms with van der Waals surface area (Å²) in [6.07, 6.45) is 18.5. The predicted molar refractivity (Wildman–Crippen MR) is 459 cm³/mol. The number of carbonyl (C=O) groups is 7. The monoisotopic (exact) mass is 1710 g/mol. The van der Waals surface area contributed by atoms with E-state index in [0.29, 0.717) is 223 Å². The Labute approximate surface area is 717 Å². The lowest BCUT2D eigenvalue weighted by Crippen LogP contribution is -2.54. The molecule has 2 bridgehead atoms. The number of fused-ring (bicyclic) bond motifs is 4. The van der Waals surface area contributed by atoms with Crippen LogP contribution in [0.1, 0.15) is 165 Å². The molecule has 2 aromatic carbocycles. The number of Topliss-reactive ketones (excluding diaryl/α,β-unsaturated/α-hetero) is 2. The van der Waals surface area contributed by atoms with Crippen LogP contribution in [0.25, 0.3) is 11.1 Å². The van der Waals surface area contributed by atoms with Gasteiger partial charge in [-0.1, -0.05) is 63.3 Å². The Kier molecular flexibility index (Phi) is 44.7. The van der Waals surface area contributed by atoms with Gasteiger partial charge in [-0.05, 0) is 193 Å². The number of amides is 4. The molecule has 1 aromatic heterocycles. The molecule has 4 aliphatic heterocycles. The van der Waals surface area contributed by atoms with Gasteiger partial charge in [0, 0.05) is 98.0 Å². The normalized spacial score (nSPS) is 24.7. The molecule has 29 nitrogen and oxygen atoms in total. The SMILES string of the molecule is CO[C@H]1C[C@@H]2CCCC(O2)C(=O)C(=O)N2CCCC[C@H]2C(=O)O[C@H]([C@H](N)CC2CCC(OC(=O)NCCOCCOCCOCCOCCOCCOCCOCCOCCC(=O)NCCS(=O)c3ccc(C(=O)N4CCOc5ccc(-c6ccc(N)nc6)cc5C4)c(C)c3)CC2)CC[C@H](C)/C=C(\C)[C@@H](O)CC(=O)[C@H](C)C[C@H](C)/C=C/C=CC=C1C. The highest BCUT2D eigenvalue weighted by molar-refractivity contribution is 7.85. The fourth-order valence-corrected chi connectivity index (χ4v) is 16.6. The van der Waals surface area contributed by atoms with Crippen LogP contribution >= 0.6 is 0 Å². The van der Waals surface area contributed by atoms with Crippen molar-refractivity contribution in [3.05, 3.63) is 119 Å². The molecule has 0 radical (unpaired) electrons. The molecule has 3 aromatic rings. The van der Waals surface area contributed by atoms with Gasteiger partial charge in [0.25, 0.3) is 11.8 Å². The van der Waals surface area contributed by atoms with E-state index in [2.05, 4.69) is 28.6 Å². The number of nitrogens with zero attached hydrogens (tertiary/aromatic N) is 3. The molecular weight excluding hydrogens is 1580 g/mol. The van der Waals surface area contributed by atoms with Crippen molar-refractivity contribution in [3.63, 3.8) is 0 Å². The second-order valence-electron chi connectivity index (χ2n) is 32.2. The lowest BCUT2D eigenvalue weighted by Gasteiger charge is -2.37. The molecule has 3 fully saturated rings. The number of aromatic nitrogens is 1. The molecule has 1 saturated carbocycles. The minimum absolute atomic E-state index is 0.00226. The van der Waals surface area contributed by atoms with Gasteiger partial charge < -0.3 is 98.6 Å². The Morgan fingerprint density at radius 1 is 0.678 bits per heavy atom. The Bertz CT molecular complexity index is 3840. The topological polar surface area (TPSA) is 372 Å². The Morgan fingerprint density at radius 2 is 1.34 bits per heavy atom. The highest BCUT2D eigenvalue weighted by Crippen LogP contribution is 2.35. The molecule has 2 unspecified atom stereocenters. The number of methoxy groups -OCH3 is 1. The number of nitrogen functional groups attached to an aromatic ring is 1. The van der Waals surface area contributed by atoms with E-state index in [4.69, 9.17) is 73.0 Å². The first-order valence-corrected chi connectivity index (χ1v) is 44.8. The van der Waals surface area contributed by atoms with Crippen LogP contribution in [0.2, 0.25) is 0 Å². The van der Waals surface area contributed by atoms with E-state index in [1.54, 1.807) is 42.5 Å². The molecule has 121 heavy (non-hydrogen) atoms. The number of hydrogen-bond donors (Lipinski definition) is 5. The van der Waals surface area contributed by atoms with Crippen LogP contribution in [0.5, 0.6) is 5.75 Å². The van der Waals surface area contributed by atoms with Gasteiger partial charge in [0.05, 0.1) is 141 Å². The number of nitrogens with two attached hydrogens (primary N) is 2. The van der Waals surface area contributed by atoms with Gasteiger partial charge in [-0.2, -0.15) is 0 Å². The second-order valence-corrected chi connectivity index (χ2v) is 33.8. The molecule has 5 heterocycles. The summed E-state index contributed by atoms with van der Waals surface area (Å²) in [6, 6.07) is 13.2. The summed E-state index contributed by atoms with van der Waals surface area (Å²) < 4.78 is 88.3. The number of ketones is 2. The predicted octanol–water partition coefficient (Wildman–Crippen LogP) is 10.0. The first kappa shape index (κ1) is 98.7. The van der Waals surface area contributed by atoms with Gasteiger partial charge in [-0.25, -0.2) is 14.6 Å². The van der Waals surface area contributed by atoms with E-state index in [0.717, 1.165) is 40.9 Å². The molecule has 5 aliphatic rings. The van der Waals surface area contributed by atoms with Crippen molar-refractivity contribution < 1.29 is 104 Å². The van der Waals surface area contributed by atoms with Gasteiger partial charge >= 0.3 is 12.1 Å². The van der Waals surface area contributed by atoms with Crippen molar-refractivity contribution in [1.82, 2.24) is 25.4 Å². The average molecular weight is 1710 g/mol. The zero-order chi connectivity index (χ0) is 86.7. The third-order valence-corrected chi connectivity index (χ3v) is 23.9. The number of benzene rings is 2. The first-order chi connectivity index (χ1) is 58.5. The maximum Gasteiger partial charge on any atom is 0.407 e. The van der Waals surface area contributed by atoms with E-state index >= 15 is 0 Å². The number of alkyl carbamates (subject to hydrolysis) is 1. The third kappa shape index (κ3) is 35.5. The lowest BCUT2D eigenvalue weighted by atomic mass is 9.82. The number of nitrogens with one attached hydrogen (secondary N) is 2. The van der Waals surface area contributed by atoms with E-state index in [1.165, 1.54) is 4.90 Å². The molecule has 1 aliphatic carbocycles. The number of aryl methyl sites for hydroxylation is 1. The number of aliphatic hydroxyl groups excluding tert-OH is 1. The lowest BCUT2D eigenvalue weighted by molar-refractivity contribution is -0.167. The molecule has 11 atom stereocenters. The summed E-state index contributed by atoms with van der Waals surface area (Å²) in [5.41, 5.74) is 18.5. The van der Waals surface area contributed by atoms with Gasteiger partial charge in [-0.15, -0.1) is 0 Å². The molecule has 8 rings (SSSR count). The van der Waals surface area contributed by atoms with Crippen LogP contribution in [-0.2, 0) is 98.2 Å². The van der Waals surface area contributed by atoms with E-state index < -0.39 is 64.9 Å². The van der Waals surface area contributed by atoms with E-state index in [-0.39, 0.29) is 111 Å². The van der Waals surface area contributed by atoms with Crippen molar-refractivity contribution in [2.24, 2.45) is 29.4 Å². The maximum absolute atomic E-state index is 14.5. The third-order valence-electron chi connectivity index (χ3n) is 22.6. The van der Waals surface area contributed by atoms with Crippen LogP contribution in [0.3, 0.4) is 0 Å². The molecule has 4 amide bonds. The molecule has 7 N–H and O–H groups in total. The number of hydrogen-bond acceptors (Lipinski definition) is 25. The van der Waals surface area contributed by atoms with Crippen molar-refractivity contribution in [2.45, 2.75) is 211 Å². The second kappa shape index (κ2) is 54.8. The van der Waals surface area contributed by atoms with Crippen molar-refractivity contribution in [1.29, 1.82) is 0 Å². The summed E-state index contributed by atoms with van der Waals surface area (Å²) in [7, 11) is 0.246. The Morgan fingerprint density at radius 3 is 1.99 bits per heavy atom. The Balaban J connectivity index is 0.602. The number of pyridine rings is 1. The largest absolute Gasteiger partial charge is 0.491 e. The fraction of sp³-hybridized carbons (Fsp3) is 0.648. The van der Waals surface area contributed by atoms with Crippen molar-refractivity contribution in [2.75, 3.05) is 157 Å². The highest BCUT2D eigenvalue weighted by Gasteiger charge is 2.42. The van der Waals surface area contributed by atoms with E-state index in [1.807, 2.05) is 89.3 Å². The van der Waals surface area contributed by atoms with Crippen LogP contribution < -0.4 is 26.8 Å². The number of ether oxygens (including phenoxy) is 13. The fourth-order valence-electron chi connectivity index (χ4n) is 15.5. The molecule has 672 valence electrons. The average Bonchev–Trinajstić information content (AvgIpc) is 1.35. The van der Waals surface area contributed by atoms with Crippen molar-refractivity contribution >= 4 is 58.0 Å². The first-order valence-electron chi connectivity index (χ1n) is 43.5. The number of cyclic esters (lactones) is 1. The van der Waals surface area contributed by atoms with Crippen molar-refractivity contribution in [3.8, 4) is 16.9 Å². The van der Waals surface area contributed by atoms with Gasteiger partial charge in [0.15, 0.2) is 0 Å². The van der Waals surface area contributed by atoms with Crippen LogP contribution in [-0.4, -0.2) is 266 Å². The zero-order valence-corrected chi connectivity index (χ0v) is 73.1. The van der Waals surface area contributed by atoms with Gasteiger partial charge in [0.1, 0.15) is 48.3 Å². The smallest absolute Gasteiger partial charge is 0.407 e. The minimum Gasteiger partial charge on any atom is -0.491 e. The van der Waals surface area contributed by atoms with E-state index in [9.17, 15) is 42.9 Å². The number of allylic oxidation sites excluding steroid dienone is 6. The standard InChI is InChI=1S/C91H135N7O22S/c1-63-14-9-8-10-15-65(3)84(108-7)59-74-16-13-18-83(118-74)87(102)89(104)98-34-12-11-17-78(98)90(105)120-82(28-19-64(2)55-68(6)80(100)60-79(99)67(5)54-63)77(92)57-69-20-24-73(25-21-69)119-91(106)95-32-37-110-40-42-112-44-46-114-48-50-116-52-51-115-49-47-113-45-43-111-41-39-109-36-31-86(101)94-33-53-121(107)75-26-27-76(66(4)56-75)88(103)97-35-38-117-81-29-22-70(58-72(81)62-97)71-23-30-85(93)96-61-71/h8-10,14-15,22-23,26-27,29-30,55-56,58,61,63-64,67,69,73-74,77-78,80,82-84,100H,11-13,16-21,24-25,28,31-54,57,59-60,62,92H2,1-7H3,(H2,93,96)(H,94,101)(H,95,106)/b10-8?,14-9+,65-15?,68-55+/t63-,64+,67-,69?,73?,74+,77-,78+,80+,82+,83?,84+,121?/m1/s1. The number of anilines is 1. The summed E-state index contributed by atoms with van der Waals surface area (Å²) >= 11 is 0. The van der Waals surface area contributed by atoms with Gasteiger partial charge in [0.2, 0.25) is 11.7 Å². The number of piperidine rings is 1. The molecule has 0 spiro atoms. The number of carbonyl (C=O) groups excluding carboxylic acids is 7. The Hall–Kier alpha value is -7.69. The highest BCUT2D eigenvalue weighted by atomic mass is 32.2. The maximum atomic E-state index is 14.5. The van der Waals surface area contributed by atoms with Crippen LogP contribution in [0, 0.1) is 30.6 Å². The number of rotatable bonds is 38. The summed E-state index contributed by atoms with van der Waals surface area (Å²) in [5, 5.41) is 16.8.